The Morgan fingerprint density at radius 1 is 0.409 bits per heavy atom. The molecular weight excluding hydrogens is 915 g/mol. The summed E-state index contributed by atoms with van der Waals surface area (Å²) in [5.41, 5.74) is 2.05. The number of rotatable bonds is 17. The number of anilines is 5. The highest BCUT2D eigenvalue weighted by atomic mass is 35.5. The molecule has 0 aliphatic carbocycles. The molecule has 0 unspecified atom stereocenters. The van der Waals surface area contributed by atoms with Gasteiger partial charge in [-0.1, -0.05) is 23.2 Å². The molecular formula is C41H63Cl3N18O4. The van der Waals surface area contributed by atoms with Crippen LogP contribution >= 0.6 is 34.8 Å². The minimum Gasteiger partial charge on any atom is -0.379 e. The van der Waals surface area contributed by atoms with Crippen LogP contribution in [-0.4, -0.2) is 255 Å². The minimum absolute atomic E-state index is 0.118. The zero-order valence-corrected chi connectivity index (χ0v) is 40.1. The maximum atomic E-state index is 6.57. The highest BCUT2D eigenvalue weighted by Crippen LogP contribution is 2.28. The van der Waals surface area contributed by atoms with E-state index in [4.69, 9.17) is 68.7 Å². The van der Waals surface area contributed by atoms with Gasteiger partial charge in [0.1, 0.15) is 0 Å². The van der Waals surface area contributed by atoms with Crippen LogP contribution in [0.15, 0.2) is 0 Å². The number of nitrogens with one attached hydrogen (secondary N) is 4. The zero-order valence-electron chi connectivity index (χ0n) is 37.8. The second-order valence-corrected chi connectivity index (χ2v) is 17.7. The van der Waals surface area contributed by atoms with Gasteiger partial charge in [-0.15, -0.1) is 0 Å². The Kier molecular flexibility index (Phi) is 18.6. The first-order valence-corrected chi connectivity index (χ1v) is 24.2. The lowest BCUT2D eigenvalue weighted by molar-refractivity contribution is 0.0398. The van der Waals surface area contributed by atoms with Gasteiger partial charge in [0, 0.05) is 131 Å². The maximum absolute atomic E-state index is 6.57. The summed E-state index contributed by atoms with van der Waals surface area (Å²) in [5, 5.41) is 14.1. The quantitative estimate of drug-likeness (QED) is 0.111. The summed E-state index contributed by atoms with van der Waals surface area (Å²) in [4.78, 5) is 50.6. The molecule has 22 nitrogen and oxygen atoms in total. The van der Waals surface area contributed by atoms with Crippen molar-refractivity contribution in [2.45, 2.75) is 0 Å². The van der Waals surface area contributed by atoms with Gasteiger partial charge in [-0.25, -0.2) is 19.9 Å². The minimum atomic E-state index is 0.118. The fourth-order valence-electron chi connectivity index (χ4n) is 8.06. The Bertz CT molecular complexity index is 2140. The molecule has 9 rings (SSSR count). The van der Waals surface area contributed by atoms with Crippen LogP contribution in [0, 0.1) is 0 Å². The van der Waals surface area contributed by atoms with E-state index < -0.39 is 0 Å². The smallest absolute Gasteiger partial charge is 0.229 e. The van der Waals surface area contributed by atoms with Gasteiger partial charge in [-0.2, -0.15) is 19.9 Å². The summed E-state index contributed by atoms with van der Waals surface area (Å²) in [7, 11) is 2.14. The second-order valence-electron chi connectivity index (χ2n) is 16.6. The van der Waals surface area contributed by atoms with E-state index in [-0.39, 0.29) is 10.4 Å². The van der Waals surface area contributed by atoms with Gasteiger partial charge in [0.05, 0.1) is 52.9 Å². The fraction of sp³-hybridized carbons (Fsp3) is 0.707. The number of piperazine rings is 1. The zero-order chi connectivity index (χ0) is 45.5. The van der Waals surface area contributed by atoms with E-state index in [0.717, 1.165) is 171 Å². The maximum Gasteiger partial charge on any atom is 0.229 e. The van der Waals surface area contributed by atoms with Crippen LogP contribution in [0.5, 0.6) is 0 Å². The predicted molar refractivity (Wildman–Crippen MR) is 258 cm³/mol. The first-order chi connectivity index (χ1) is 32.3. The highest BCUT2D eigenvalue weighted by Gasteiger charge is 2.22. The van der Waals surface area contributed by atoms with Crippen LogP contribution in [0.3, 0.4) is 0 Å². The van der Waals surface area contributed by atoms with Crippen LogP contribution in [-0.2, 0) is 18.9 Å². The molecule has 66 heavy (non-hydrogen) atoms. The summed E-state index contributed by atoms with van der Waals surface area (Å²) in [6.07, 6.45) is 0. The number of aromatic nitrogens is 8. The Hall–Kier alpha value is -3.65. The van der Waals surface area contributed by atoms with Crippen molar-refractivity contribution >= 4 is 86.4 Å². The van der Waals surface area contributed by atoms with Crippen molar-refractivity contribution < 1.29 is 18.9 Å². The second kappa shape index (κ2) is 25.1. The van der Waals surface area contributed by atoms with E-state index in [0.29, 0.717) is 69.8 Å². The number of nitrogens with zero attached hydrogens (tertiary/aromatic N) is 14. The van der Waals surface area contributed by atoms with E-state index in [1.807, 2.05) is 0 Å². The summed E-state index contributed by atoms with van der Waals surface area (Å²) < 4.78 is 21.6. The van der Waals surface area contributed by atoms with Gasteiger partial charge >= 0.3 is 0 Å². The molecule has 0 amide bonds. The Labute approximate surface area is 400 Å². The highest BCUT2D eigenvalue weighted by molar-refractivity contribution is 6.32. The van der Waals surface area contributed by atoms with E-state index in [9.17, 15) is 0 Å². The largest absolute Gasteiger partial charge is 0.379 e. The molecule has 4 N–H and O–H groups in total. The van der Waals surface area contributed by atoms with Gasteiger partial charge in [0.15, 0.2) is 55.9 Å². The molecule has 362 valence electrons. The summed E-state index contributed by atoms with van der Waals surface area (Å²) in [6.45, 7) is 23.8. The van der Waals surface area contributed by atoms with Crippen LogP contribution in [0.2, 0.25) is 15.6 Å². The molecule has 0 atom stereocenters. The number of morpholine rings is 4. The normalized spacial score (nSPS) is 19.7. The van der Waals surface area contributed by atoms with Crippen molar-refractivity contribution in [3.8, 4) is 0 Å². The number of ether oxygens (including phenoxy) is 4. The molecule has 0 bridgehead atoms. The topological polar surface area (TPSA) is 208 Å². The van der Waals surface area contributed by atoms with Crippen LogP contribution < -0.4 is 26.2 Å². The van der Waals surface area contributed by atoms with Gasteiger partial charge in [-0.3, -0.25) is 19.6 Å². The number of likely N-dealkylation sites (N-methyl/N-ethyl adjacent to an activating group) is 1. The first kappa shape index (κ1) is 48.8. The van der Waals surface area contributed by atoms with Gasteiger partial charge in [0.2, 0.25) is 11.2 Å². The average molecular weight is 978 g/mol. The molecule has 9 heterocycles. The van der Waals surface area contributed by atoms with Gasteiger partial charge in [-0.05, 0) is 18.6 Å². The molecule has 4 aromatic rings. The predicted octanol–water partition coefficient (Wildman–Crippen LogP) is 1.53. The molecule has 25 heteroatoms. The molecule has 5 saturated heterocycles. The van der Waals surface area contributed by atoms with E-state index >= 15 is 0 Å². The van der Waals surface area contributed by atoms with Crippen molar-refractivity contribution in [2.24, 2.45) is 0 Å². The standard InChI is InChI=1S/C23H37ClN10O2.C18H26Cl2N8O2/c1-31-6-8-34(9-7-31)23-29-20(25-2-4-32-10-14-35-15-11-32)18-21(30-23)28-22(19(24)27-18)26-3-5-33-12-16-36-17-13-33;19-14-17(22-2-4-28-7-11-30-12-8-28)24-16-13(23-14)15(25-18(20)26-16)21-1-3-27-5-9-29-10-6-27/h2-17H2,1H3,(H2,25,26,28,29,30);1-12H2,(H2,21,22,24,25,26). The summed E-state index contributed by atoms with van der Waals surface area (Å²) in [5.74, 6) is 2.94. The SMILES string of the molecule is CN1CCN(c2nc(NCCN3CCOCC3)c3nc(Cl)c(NCCN4CCOCC4)nc3n2)CC1.Clc1nc(NCCN2CCOCC2)c2nc(Cl)c(NCCN3CCOCC3)nc2n1. The third kappa shape index (κ3) is 14.2. The lowest BCUT2D eigenvalue weighted by atomic mass is 10.3. The number of halogens is 3. The Morgan fingerprint density at radius 3 is 1.18 bits per heavy atom. The van der Waals surface area contributed by atoms with Crippen molar-refractivity contribution in [1.82, 2.24) is 64.4 Å². The Morgan fingerprint density at radius 2 is 0.773 bits per heavy atom. The molecule has 5 aliphatic heterocycles. The average Bonchev–Trinajstić information content (AvgIpc) is 3.34. The lowest BCUT2D eigenvalue weighted by Crippen LogP contribution is -2.45. The summed E-state index contributed by atoms with van der Waals surface area (Å²) >= 11 is 19.1. The molecule has 0 saturated carbocycles. The summed E-state index contributed by atoms with van der Waals surface area (Å²) in [6, 6.07) is 0. The van der Waals surface area contributed by atoms with Gasteiger partial charge in [0.25, 0.3) is 0 Å². The molecule has 0 radical (unpaired) electrons. The van der Waals surface area contributed by atoms with Crippen LogP contribution in [0.25, 0.3) is 22.3 Å². The van der Waals surface area contributed by atoms with Crippen molar-refractivity contribution in [2.75, 3.05) is 217 Å². The van der Waals surface area contributed by atoms with Crippen molar-refractivity contribution in [3.05, 3.63) is 15.6 Å². The number of hydrogen-bond donors (Lipinski definition) is 4. The van der Waals surface area contributed by atoms with Crippen LogP contribution in [0.1, 0.15) is 0 Å². The van der Waals surface area contributed by atoms with E-state index in [1.165, 1.54) is 0 Å². The Balaban J connectivity index is 0.000000182. The molecule has 0 aromatic carbocycles. The third-order valence-electron chi connectivity index (χ3n) is 12.0. The monoisotopic (exact) mass is 976 g/mol. The molecule has 5 aliphatic rings. The lowest BCUT2D eigenvalue weighted by Gasteiger charge is -2.32. The third-order valence-corrected chi connectivity index (χ3v) is 12.7. The van der Waals surface area contributed by atoms with Crippen molar-refractivity contribution in [3.63, 3.8) is 0 Å². The number of fused-ring (bicyclic) bond motifs is 2. The van der Waals surface area contributed by atoms with Crippen molar-refractivity contribution in [1.29, 1.82) is 0 Å². The first-order valence-electron chi connectivity index (χ1n) is 23.1. The molecule has 5 fully saturated rings. The molecule has 0 spiro atoms. The fourth-order valence-corrected chi connectivity index (χ4v) is 8.62. The van der Waals surface area contributed by atoms with E-state index in [2.05, 4.69) is 82.6 Å². The number of hydrogen-bond acceptors (Lipinski definition) is 22. The van der Waals surface area contributed by atoms with Crippen LogP contribution in [0.4, 0.5) is 29.2 Å². The van der Waals surface area contributed by atoms with E-state index in [1.54, 1.807) is 0 Å². The van der Waals surface area contributed by atoms with Gasteiger partial charge < -0.3 is 50.0 Å². The molecule has 4 aromatic heterocycles.